The monoisotopic (exact) mass is 238 g/mol. The Balaban J connectivity index is 2.05. The van der Waals surface area contributed by atoms with Crippen LogP contribution in [0.5, 0.6) is 0 Å². The van der Waals surface area contributed by atoms with E-state index in [0.29, 0.717) is 21.7 Å². The maximum absolute atomic E-state index is 12.2. The third kappa shape index (κ3) is 1.85. The Hall–Kier alpha value is -0.240. The maximum atomic E-state index is 12.2. The first-order valence-corrected chi connectivity index (χ1v) is 7.25. The summed E-state index contributed by atoms with van der Waals surface area (Å²) in [5.41, 5.74) is 1.49. The number of thioether (sulfide) groups is 1. The number of hydrogen-bond acceptors (Lipinski definition) is 2. The zero-order valence-corrected chi connectivity index (χ0v) is 11.6. The molecule has 0 aliphatic heterocycles. The van der Waals surface area contributed by atoms with E-state index in [9.17, 15) is 4.79 Å². The fourth-order valence-electron chi connectivity index (χ4n) is 2.91. The van der Waals surface area contributed by atoms with Crippen molar-refractivity contribution in [1.82, 2.24) is 0 Å². The molecule has 0 saturated heterocycles. The molecule has 1 fully saturated rings. The van der Waals surface area contributed by atoms with Gasteiger partial charge in [-0.1, -0.05) is 45.5 Å². The average molecular weight is 238 g/mol. The van der Waals surface area contributed by atoms with E-state index in [2.05, 4.69) is 33.8 Å². The molecular formula is C14H22OS. The molecule has 3 rings (SSSR count). The van der Waals surface area contributed by atoms with E-state index in [4.69, 9.17) is 0 Å². The van der Waals surface area contributed by atoms with E-state index >= 15 is 0 Å². The van der Waals surface area contributed by atoms with Gasteiger partial charge in [0.05, 0.1) is 0 Å². The van der Waals surface area contributed by atoms with Crippen LogP contribution in [0, 0.1) is 17.3 Å². The smallest absolute Gasteiger partial charge is 0.215 e. The second-order valence-electron chi connectivity index (χ2n) is 5.83. The van der Waals surface area contributed by atoms with Gasteiger partial charge in [-0.15, -0.1) is 0 Å². The highest BCUT2D eigenvalue weighted by Crippen LogP contribution is 2.59. The molecule has 0 amide bonds. The first-order chi connectivity index (χ1) is 7.46. The topological polar surface area (TPSA) is 17.1 Å². The van der Waals surface area contributed by atoms with Gasteiger partial charge >= 0.3 is 0 Å². The molecule has 1 saturated carbocycles. The molecule has 3 aliphatic rings. The van der Waals surface area contributed by atoms with Crippen LogP contribution in [0.15, 0.2) is 11.6 Å². The summed E-state index contributed by atoms with van der Waals surface area (Å²) in [5.74, 6) is 1.36. The Kier molecular flexibility index (Phi) is 3.22. The van der Waals surface area contributed by atoms with Crippen molar-refractivity contribution in [3.8, 4) is 0 Å². The summed E-state index contributed by atoms with van der Waals surface area (Å²) in [5, 5.41) is 0.792. The number of rotatable bonds is 3. The minimum Gasteiger partial charge on any atom is -0.282 e. The molecule has 3 atom stereocenters. The second-order valence-corrected chi connectivity index (χ2v) is 7.24. The quantitative estimate of drug-likeness (QED) is 0.738. The van der Waals surface area contributed by atoms with E-state index in [1.54, 1.807) is 0 Å². The molecule has 0 heterocycles. The molecule has 16 heavy (non-hydrogen) atoms. The van der Waals surface area contributed by atoms with Gasteiger partial charge in [0.1, 0.15) is 0 Å². The minimum atomic E-state index is 0.338. The van der Waals surface area contributed by atoms with E-state index in [-0.39, 0.29) is 0 Å². The zero-order valence-electron chi connectivity index (χ0n) is 10.7. The largest absolute Gasteiger partial charge is 0.282 e. The molecule has 0 aromatic heterocycles. The number of carbonyl (C=O) groups is 1. The van der Waals surface area contributed by atoms with E-state index in [1.165, 1.54) is 18.2 Å². The maximum Gasteiger partial charge on any atom is 0.215 e. The summed E-state index contributed by atoms with van der Waals surface area (Å²) in [6.07, 6.45) is 5.64. The minimum absolute atomic E-state index is 0.338. The Morgan fingerprint density at radius 1 is 1.62 bits per heavy atom. The first kappa shape index (κ1) is 12.2. The molecule has 0 aromatic rings. The van der Waals surface area contributed by atoms with Crippen molar-refractivity contribution in [2.24, 2.45) is 17.3 Å². The van der Waals surface area contributed by atoms with Crippen LogP contribution in [-0.4, -0.2) is 10.4 Å². The lowest BCUT2D eigenvalue weighted by molar-refractivity contribution is -0.111. The van der Waals surface area contributed by atoms with Gasteiger partial charge in [-0.25, -0.2) is 0 Å². The van der Waals surface area contributed by atoms with Crippen molar-refractivity contribution in [1.29, 1.82) is 0 Å². The highest BCUT2D eigenvalue weighted by Gasteiger charge is 2.52. The molecule has 0 aromatic carbocycles. The molecule has 3 aliphatic carbocycles. The molecule has 0 radical (unpaired) electrons. The van der Waals surface area contributed by atoms with Crippen molar-refractivity contribution in [3.63, 3.8) is 0 Å². The molecule has 90 valence electrons. The van der Waals surface area contributed by atoms with E-state index in [1.807, 2.05) is 0 Å². The highest BCUT2D eigenvalue weighted by molar-refractivity contribution is 8.14. The summed E-state index contributed by atoms with van der Waals surface area (Å²) in [4.78, 5) is 12.2. The standard InChI is InChI=1S/C14H22OS/c1-5-9(2)16-13(15)11-7-6-10-8-12(11)14(10,3)4/h7,9-10,12H,5-6,8H2,1-4H3/t9?,10-,12-/m1/s1. The molecular weight excluding hydrogens is 216 g/mol. The van der Waals surface area contributed by atoms with Crippen molar-refractivity contribution in [2.45, 2.75) is 52.2 Å². The summed E-state index contributed by atoms with van der Waals surface area (Å²) < 4.78 is 0. The van der Waals surface area contributed by atoms with Gasteiger partial charge in [-0.2, -0.15) is 0 Å². The number of carbonyl (C=O) groups excluding carboxylic acids is 1. The Bertz CT molecular complexity index is 330. The lowest BCUT2D eigenvalue weighted by Gasteiger charge is -2.56. The van der Waals surface area contributed by atoms with Crippen LogP contribution in [-0.2, 0) is 4.79 Å². The average Bonchev–Trinajstić information content (AvgIpc) is 2.28. The van der Waals surface area contributed by atoms with Gasteiger partial charge in [0.25, 0.3) is 0 Å². The van der Waals surface area contributed by atoms with Crippen molar-refractivity contribution in [2.75, 3.05) is 0 Å². The van der Waals surface area contributed by atoms with Crippen LogP contribution in [0.25, 0.3) is 0 Å². The van der Waals surface area contributed by atoms with Crippen LogP contribution < -0.4 is 0 Å². The number of hydrogen-bond donors (Lipinski definition) is 0. The van der Waals surface area contributed by atoms with Crippen LogP contribution in [0.3, 0.4) is 0 Å². The molecule has 1 nitrogen and oxygen atoms in total. The van der Waals surface area contributed by atoms with Crippen molar-refractivity contribution in [3.05, 3.63) is 11.6 Å². The fraction of sp³-hybridized carbons (Fsp3) is 0.786. The molecule has 2 heteroatoms. The van der Waals surface area contributed by atoms with Crippen molar-refractivity contribution >= 4 is 16.9 Å². The van der Waals surface area contributed by atoms with Crippen molar-refractivity contribution < 1.29 is 4.79 Å². The third-order valence-corrected chi connectivity index (χ3v) is 5.77. The van der Waals surface area contributed by atoms with Gasteiger partial charge in [0.15, 0.2) is 0 Å². The van der Waals surface area contributed by atoms with Gasteiger partial charge in [0.2, 0.25) is 5.12 Å². The van der Waals surface area contributed by atoms with E-state index in [0.717, 1.165) is 24.3 Å². The predicted octanol–water partition coefficient (Wildman–Crippen LogP) is 4.04. The van der Waals surface area contributed by atoms with Crippen LogP contribution in [0.2, 0.25) is 0 Å². The van der Waals surface area contributed by atoms with Crippen LogP contribution in [0.1, 0.15) is 47.0 Å². The fourth-order valence-corrected chi connectivity index (χ4v) is 3.81. The lowest BCUT2D eigenvalue weighted by atomic mass is 9.49. The van der Waals surface area contributed by atoms with Gasteiger partial charge in [0, 0.05) is 10.8 Å². The first-order valence-electron chi connectivity index (χ1n) is 6.37. The van der Waals surface area contributed by atoms with Gasteiger partial charge in [-0.05, 0) is 36.5 Å². The SMILES string of the molecule is CCC(C)SC(=O)C1=CC[C@@H]2C[C@H]1C2(C)C. The number of fused-ring (bicyclic) bond motifs is 1. The van der Waals surface area contributed by atoms with Gasteiger partial charge < -0.3 is 0 Å². The molecule has 0 N–H and O–H groups in total. The Morgan fingerprint density at radius 3 is 2.81 bits per heavy atom. The normalized spacial score (nSPS) is 32.6. The summed E-state index contributed by atoms with van der Waals surface area (Å²) in [6, 6.07) is 0. The predicted molar refractivity (Wildman–Crippen MR) is 70.4 cm³/mol. The molecule has 1 unspecified atom stereocenters. The second kappa shape index (κ2) is 4.21. The third-order valence-electron chi connectivity index (χ3n) is 4.59. The molecule has 0 spiro atoms. The summed E-state index contributed by atoms with van der Waals surface area (Å²) >= 11 is 1.53. The summed E-state index contributed by atoms with van der Waals surface area (Å²) in [6.45, 7) is 8.92. The van der Waals surface area contributed by atoms with Gasteiger partial charge in [-0.3, -0.25) is 4.79 Å². The molecule has 2 bridgehead atoms. The van der Waals surface area contributed by atoms with Crippen LogP contribution >= 0.6 is 11.8 Å². The highest BCUT2D eigenvalue weighted by atomic mass is 32.2. The summed E-state index contributed by atoms with van der Waals surface area (Å²) in [7, 11) is 0. The zero-order chi connectivity index (χ0) is 11.9. The number of allylic oxidation sites excluding steroid dienone is 1. The lowest BCUT2D eigenvalue weighted by Crippen LogP contribution is -2.49. The van der Waals surface area contributed by atoms with E-state index < -0.39 is 0 Å². The Labute approximate surface area is 103 Å². The Morgan fingerprint density at radius 2 is 2.31 bits per heavy atom. The van der Waals surface area contributed by atoms with Crippen LogP contribution in [0.4, 0.5) is 0 Å².